The van der Waals surface area contributed by atoms with E-state index in [-0.39, 0.29) is 5.76 Å². The van der Waals surface area contributed by atoms with E-state index in [0.717, 1.165) is 11.3 Å². The lowest BCUT2D eigenvalue weighted by molar-refractivity contribution is 0.0661. The summed E-state index contributed by atoms with van der Waals surface area (Å²) in [6, 6.07) is 7.24. The number of oxazole rings is 1. The Balaban J connectivity index is 2.33. The Hall–Kier alpha value is -2.30. The average Bonchev–Trinajstić information content (AvgIpc) is 2.83. The molecule has 0 radical (unpaired) electrons. The van der Waals surface area contributed by atoms with Gasteiger partial charge in [-0.15, -0.1) is 0 Å². The minimum absolute atomic E-state index is 0.0763. The molecule has 0 aliphatic rings. The van der Waals surface area contributed by atoms with E-state index in [1.165, 1.54) is 0 Å². The van der Waals surface area contributed by atoms with E-state index in [4.69, 9.17) is 9.15 Å². The van der Waals surface area contributed by atoms with E-state index in [1.807, 2.05) is 45.0 Å². The van der Waals surface area contributed by atoms with Crippen LogP contribution in [0.3, 0.4) is 0 Å². The second-order valence-electron chi connectivity index (χ2n) is 5.16. The molecule has 1 heterocycles. The number of hydrogen-bond donors (Lipinski definition) is 1. The second kappa shape index (κ2) is 6.43. The fraction of sp³-hybridized carbons (Fsp3) is 0.375. The quantitative estimate of drug-likeness (QED) is 0.879. The topological polar surface area (TPSA) is 72.6 Å². The van der Waals surface area contributed by atoms with Crippen LogP contribution >= 0.6 is 0 Å². The number of aromatic carboxylic acids is 1. The fourth-order valence-corrected chi connectivity index (χ4v) is 2.03. The normalized spacial score (nSPS) is 10.9. The molecule has 5 heteroatoms. The Bertz CT molecular complexity index is 614. The van der Waals surface area contributed by atoms with Crippen molar-refractivity contribution in [1.29, 1.82) is 0 Å². The predicted molar refractivity (Wildman–Crippen MR) is 78.6 cm³/mol. The lowest BCUT2D eigenvalue weighted by atomic mass is 10.1. The summed E-state index contributed by atoms with van der Waals surface area (Å²) in [5, 5.41) is 9.20. The van der Waals surface area contributed by atoms with Crippen LogP contribution in [0.5, 0.6) is 5.75 Å². The molecular formula is C16H19NO4. The molecular weight excluding hydrogens is 270 g/mol. The standard InChI is InChI=1S/C16H19NO4/c1-4-20-12-7-5-11(6-8-12)15-17-13(9-10(2)3)14(21-15)16(18)19/h5-8,10H,4,9H2,1-3H3,(H,18,19). The van der Waals surface area contributed by atoms with Gasteiger partial charge in [-0.3, -0.25) is 0 Å². The Morgan fingerprint density at radius 2 is 2.00 bits per heavy atom. The zero-order valence-electron chi connectivity index (χ0n) is 12.4. The summed E-state index contributed by atoms with van der Waals surface area (Å²) in [7, 11) is 0. The Morgan fingerprint density at radius 1 is 1.33 bits per heavy atom. The van der Waals surface area contributed by atoms with Gasteiger partial charge < -0.3 is 14.3 Å². The maximum absolute atomic E-state index is 11.2. The number of benzene rings is 1. The van der Waals surface area contributed by atoms with Crippen molar-refractivity contribution in [2.75, 3.05) is 6.61 Å². The van der Waals surface area contributed by atoms with Crippen LogP contribution in [0.1, 0.15) is 37.0 Å². The summed E-state index contributed by atoms with van der Waals surface area (Å²) in [5.41, 5.74) is 1.22. The van der Waals surface area contributed by atoms with E-state index in [1.54, 1.807) is 0 Å². The highest BCUT2D eigenvalue weighted by molar-refractivity contribution is 5.86. The molecule has 0 atom stereocenters. The first-order valence-corrected chi connectivity index (χ1v) is 6.97. The molecule has 0 saturated heterocycles. The van der Waals surface area contributed by atoms with Crippen molar-refractivity contribution in [2.45, 2.75) is 27.2 Å². The van der Waals surface area contributed by atoms with Crippen LogP contribution in [-0.2, 0) is 6.42 Å². The first-order valence-electron chi connectivity index (χ1n) is 6.97. The molecule has 0 saturated carbocycles. The van der Waals surface area contributed by atoms with Gasteiger partial charge in [-0.25, -0.2) is 9.78 Å². The molecule has 1 aromatic carbocycles. The van der Waals surface area contributed by atoms with Gasteiger partial charge in [0.15, 0.2) is 0 Å². The monoisotopic (exact) mass is 289 g/mol. The van der Waals surface area contributed by atoms with Crippen molar-refractivity contribution in [1.82, 2.24) is 4.98 Å². The molecule has 1 N–H and O–H groups in total. The number of hydrogen-bond acceptors (Lipinski definition) is 4. The highest BCUT2D eigenvalue weighted by Crippen LogP contribution is 2.25. The van der Waals surface area contributed by atoms with Crippen molar-refractivity contribution in [3.63, 3.8) is 0 Å². The predicted octanol–water partition coefficient (Wildman–Crippen LogP) is 3.64. The lowest BCUT2D eigenvalue weighted by Gasteiger charge is -2.02. The van der Waals surface area contributed by atoms with E-state index in [0.29, 0.717) is 30.5 Å². The Morgan fingerprint density at radius 3 is 2.52 bits per heavy atom. The van der Waals surface area contributed by atoms with Gasteiger partial charge in [-0.2, -0.15) is 0 Å². The largest absolute Gasteiger partial charge is 0.494 e. The van der Waals surface area contributed by atoms with Crippen LogP contribution in [0.2, 0.25) is 0 Å². The van der Waals surface area contributed by atoms with Crippen molar-refractivity contribution in [2.24, 2.45) is 5.92 Å². The summed E-state index contributed by atoms with van der Waals surface area (Å²) in [6.45, 7) is 6.53. The molecule has 0 aliphatic heterocycles. The first-order chi connectivity index (χ1) is 10.0. The second-order valence-corrected chi connectivity index (χ2v) is 5.16. The molecule has 0 fully saturated rings. The molecule has 1 aromatic heterocycles. The summed E-state index contributed by atoms with van der Waals surface area (Å²) in [4.78, 5) is 15.6. The highest BCUT2D eigenvalue weighted by atomic mass is 16.5. The average molecular weight is 289 g/mol. The van der Waals surface area contributed by atoms with Gasteiger partial charge in [0, 0.05) is 5.56 Å². The molecule has 21 heavy (non-hydrogen) atoms. The molecule has 5 nitrogen and oxygen atoms in total. The Labute approximate surface area is 123 Å². The molecule has 2 rings (SSSR count). The SMILES string of the molecule is CCOc1ccc(-c2nc(CC(C)C)c(C(=O)O)o2)cc1. The minimum atomic E-state index is -1.09. The van der Waals surface area contributed by atoms with Gasteiger partial charge in [0.1, 0.15) is 5.75 Å². The number of ether oxygens (including phenoxy) is 1. The summed E-state index contributed by atoms with van der Waals surface area (Å²) < 4.78 is 10.8. The number of aromatic nitrogens is 1. The van der Waals surface area contributed by atoms with Crippen LogP contribution < -0.4 is 4.74 Å². The molecule has 2 aromatic rings. The van der Waals surface area contributed by atoms with Crippen LogP contribution in [0, 0.1) is 5.92 Å². The molecule has 0 spiro atoms. The van der Waals surface area contributed by atoms with Crippen molar-refractivity contribution >= 4 is 5.97 Å². The molecule has 0 aliphatic carbocycles. The molecule has 112 valence electrons. The number of nitrogens with zero attached hydrogens (tertiary/aromatic N) is 1. The lowest BCUT2D eigenvalue weighted by Crippen LogP contribution is -2.03. The maximum atomic E-state index is 11.2. The number of carbonyl (C=O) groups is 1. The maximum Gasteiger partial charge on any atom is 0.373 e. The van der Waals surface area contributed by atoms with E-state index in [9.17, 15) is 9.90 Å². The fourth-order valence-electron chi connectivity index (χ4n) is 2.03. The van der Waals surface area contributed by atoms with Gasteiger partial charge in [0.2, 0.25) is 11.7 Å². The zero-order chi connectivity index (χ0) is 15.4. The van der Waals surface area contributed by atoms with Crippen LogP contribution in [0.4, 0.5) is 0 Å². The third-order valence-corrected chi connectivity index (χ3v) is 2.91. The van der Waals surface area contributed by atoms with Gasteiger partial charge >= 0.3 is 5.97 Å². The van der Waals surface area contributed by atoms with E-state index < -0.39 is 5.97 Å². The number of carboxylic acid groups (broad SMARTS) is 1. The minimum Gasteiger partial charge on any atom is -0.494 e. The highest BCUT2D eigenvalue weighted by Gasteiger charge is 2.20. The zero-order valence-corrected chi connectivity index (χ0v) is 12.4. The molecule has 0 amide bonds. The van der Waals surface area contributed by atoms with Gasteiger partial charge in [-0.05, 0) is 43.5 Å². The van der Waals surface area contributed by atoms with Gasteiger partial charge in [-0.1, -0.05) is 13.8 Å². The van der Waals surface area contributed by atoms with E-state index in [2.05, 4.69) is 4.98 Å². The molecule has 0 unspecified atom stereocenters. The first kappa shape index (κ1) is 15.1. The van der Waals surface area contributed by atoms with Crippen LogP contribution in [0.25, 0.3) is 11.5 Å². The summed E-state index contributed by atoms with van der Waals surface area (Å²) in [6.07, 6.45) is 0.572. The smallest absolute Gasteiger partial charge is 0.373 e. The summed E-state index contributed by atoms with van der Waals surface area (Å²) in [5.74, 6) is 0.226. The van der Waals surface area contributed by atoms with E-state index >= 15 is 0 Å². The third kappa shape index (κ3) is 3.62. The van der Waals surface area contributed by atoms with Crippen molar-refractivity contribution in [3.8, 4) is 17.2 Å². The van der Waals surface area contributed by atoms with Gasteiger partial charge in [0.05, 0.1) is 12.3 Å². The van der Waals surface area contributed by atoms with Crippen molar-refractivity contribution < 1.29 is 19.1 Å². The summed E-state index contributed by atoms with van der Waals surface area (Å²) >= 11 is 0. The van der Waals surface area contributed by atoms with Crippen LogP contribution in [-0.4, -0.2) is 22.7 Å². The number of rotatable bonds is 6. The third-order valence-electron chi connectivity index (χ3n) is 2.91. The number of carboxylic acids is 1. The van der Waals surface area contributed by atoms with Crippen molar-refractivity contribution in [3.05, 3.63) is 35.7 Å². The van der Waals surface area contributed by atoms with Crippen LogP contribution in [0.15, 0.2) is 28.7 Å². The molecule has 0 bridgehead atoms. The van der Waals surface area contributed by atoms with Gasteiger partial charge in [0.25, 0.3) is 0 Å². The Kier molecular flexibility index (Phi) is 4.62.